The maximum absolute atomic E-state index is 13.3. The van der Waals surface area contributed by atoms with Crippen molar-refractivity contribution in [1.29, 1.82) is 0 Å². The molecule has 0 amide bonds. The molecule has 0 aliphatic carbocycles. The van der Waals surface area contributed by atoms with Crippen LogP contribution < -0.4 is 0 Å². The molecule has 0 aliphatic heterocycles. The van der Waals surface area contributed by atoms with E-state index in [0.29, 0.717) is 19.6 Å². The van der Waals surface area contributed by atoms with Crippen molar-refractivity contribution in [3.8, 4) is 0 Å². The molecule has 0 saturated carbocycles. The number of hydrogen-bond donors (Lipinski definition) is 1. The standard InChI is InChI=1S/C20H27FN2O/c1-3-23(14-18-10-7-11-19(21)12-18)16-20(24)15-22(2)13-17-8-5-4-6-9-17/h4-12,20,24H,3,13-16H2,1-2H3. The van der Waals surface area contributed by atoms with Gasteiger partial charge in [0.15, 0.2) is 0 Å². The molecular formula is C20H27FN2O. The summed E-state index contributed by atoms with van der Waals surface area (Å²) in [5.41, 5.74) is 2.17. The minimum atomic E-state index is -0.438. The third-order valence-corrected chi connectivity index (χ3v) is 4.03. The van der Waals surface area contributed by atoms with Gasteiger partial charge < -0.3 is 5.11 Å². The van der Waals surface area contributed by atoms with Gasteiger partial charge in [0.25, 0.3) is 0 Å². The number of aliphatic hydroxyl groups is 1. The molecule has 0 fully saturated rings. The maximum atomic E-state index is 13.3. The molecule has 24 heavy (non-hydrogen) atoms. The Bertz CT molecular complexity index is 606. The summed E-state index contributed by atoms with van der Waals surface area (Å²) in [6, 6.07) is 16.9. The summed E-state index contributed by atoms with van der Waals surface area (Å²) in [4.78, 5) is 4.26. The predicted octanol–water partition coefficient (Wildman–Crippen LogP) is 3.14. The van der Waals surface area contributed by atoms with E-state index in [0.717, 1.165) is 18.7 Å². The molecule has 1 N–H and O–H groups in total. The topological polar surface area (TPSA) is 26.7 Å². The summed E-state index contributed by atoms with van der Waals surface area (Å²) in [6.45, 7) is 5.51. The normalized spacial score (nSPS) is 12.8. The SMILES string of the molecule is CCN(Cc1cccc(F)c1)CC(O)CN(C)Cc1ccccc1. The fourth-order valence-corrected chi connectivity index (χ4v) is 2.87. The molecule has 0 spiro atoms. The lowest BCUT2D eigenvalue weighted by molar-refractivity contribution is 0.0791. The molecule has 2 rings (SSSR count). The van der Waals surface area contributed by atoms with Crippen molar-refractivity contribution in [2.24, 2.45) is 0 Å². The lowest BCUT2D eigenvalue weighted by Crippen LogP contribution is -2.38. The monoisotopic (exact) mass is 330 g/mol. The Kier molecular flexibility index (Phi) is 7.37. The number of likely N-dealkylation sites (N-methyl/N-ethyl adjacent to an activating group) is 2. The van der Waals surface area contributed by atoms with Gasteiger partial charge in [-0.15, -0.1) is 0 Å². The minimum absolute atomic E-state index is 0.216. The van der Waals surface area contributed by atoms with Crippen molar-refractivity contribution >= 4 is 0 Å². The van der Waals surface area contributed by atoms with Crippen LogP contribution >= 0.6 is 0 Å². The fraction of sp³-hybridized carbons (Fsp3) is 0.400. The molecule has 4 heteroatoms. The third kappa shape index (κ3) is 6.40. The zero-order valence-electron chi connectivity index (χ0n) is 14.5. The van der Waals surface area contributed by atoms with Crippen LogP contribution in [-0.4, -0.2) is 47.7 Å². The van der Waals surface area contributed by atoms with Crippen molar-refractivity contribution in [3.63, 3.8) is 0 Å². The third-order valence-electron chi connectivity index (χ3n) is 4.03. The summed E-state index contributed by atoms with van der Waals surface area (Å²) in [5, 5.41) is 10.4. The maximum Gasteiger partial charge on any atom is 0.123 e. The number of rotatable bonds is 9. The van der Waals surface area contributed by atoms with Gasteiger partial charge in [-0.1, -0.05) is 49.4 Å². The summed E-state index contributed by atoms with van der Waals surface area (Å²) >= 11 is 0. The summed E-state index contributed by atoms with van der Waals surface area (Å²) in [7, 11) is 2.01. The molecule has 2 aromatic carbocycles. The van der Waals surface area contributed by atoms with Gasteiger partial charge in [0, 0.05) is 26.2 Å². The molecule has 0 heterocycles. The van der Waals surface area contributed by atoms with Crippen molar-refractivity contribution in [3.05, 3.63) is 71.5 Å². The van der Waals surface area contributed by atoms with Gasteiger partial charge in [-0.05, 0) is 36.9 Å². The molecule has 0 aromatic heterocycles. The Hall–Kier alpha value is -1.75. The second kappa shape index (κ2) is 9.52. The van der Waals surface area contributed by atoms with Gasteiger partial charge in [0.05, 0.1) is 6.10 Å². The van der Waals surface area contributed by atoms with Crippen LogP contribution in [0.5, 0.6) is 0 Å². The molecule has 3 nitrogen and oxygen atoms in total. The Morgan fingerprint density at radius 3 is 2.33 bits per heavy atom. The van der Waals surface area contributed by atoms with E-state index in [2.05, 4.69) is 28.9 Å². The highest BCUT2D eigenvalue weighted by Crippen LogP contribution is 2.09. The van der Waals surface area contributed by atoms with E-state index in [1.165, 1.54) is 11.6 Å². The molecule has 1 atom stereocenters. The van der Waals surface area contributed by atoms with Gasteiger partial charge in [-0.2, -0.15) is 0 Å². The van der Waals surface area contributed by atoms with Gasteiger partial charge >= 0.3 is 0 Å². The number of benzene rings is 2. The van der Waals surface area contributed by atoms with Crippen LogP contribution in [0.1, 0.15) is 18.1 Å². The van der Waals surface area contributed by atoms with Crippen LogP contribution in [0.25, 0.3) is 0 Å². The first-order valence-corrected chi connectivity index (χ1v) is 8.44. The molecule has 0 radical (unpaired) electrons. The van der Waals surface area contributed by atoms with Crippen molar-refractivity contribution in [2.75, 3.05) is 26.7 Å². The number of nitrogens with zero attached hydrogens (tertiary/aromatic N) is 2. The second-order valence-electron chi connectivity index (χ2n) is 6.29. The minimum Gasteiger partial charge on any atom is -0.390 e. The quantitative estimate of drug-likeness (QED) is 0.765. The highest BCUT2D eigenvalue weighted by Gasteiger charge is 2.13. The van der Waals surface area contributed by atoms with Gasteiger partial charge in [0.1, 0.15) is 5.82 Å². The van der Waals surface area contributed by atoms with Crippen LogP contribution in [-0.2, 0) is 13.1 Å². The van der Waals surface area contributed by atoms with Gasteiger partial charge in [0.2, 0.25) is 0 Å². The Morgan fingerprint density at radius 2 is 1.67 bits per heavy atom. The molecule has 1 unspecified atom stereocenters. The first kappa shape index (κ1) is 18.6. The van der Waals surface area contributed by atoms with E-state index in [9.17, 15) is 9.50 Å². The molecule has 130 valence electrons. The molecule has 0 aliphatic rings. The van der Waals surface area contributed by atoms with Crippen LogP contribution in [0, 0.1) is 5.82 Å². The molecular weight excluding hydrogens is 303 g/mol. The molecule has 0 bridgehead atoms. The average molecular weight is 330 g/mol. The van der Waals surface area contributed by atoms with E-state index in [-0.39, 0.29) is 5.82 Å². The van der Waals surface area contributed by atoms with E-state index >= 15 is 0 Å². The summed E-state index contributed by atoms with van der Waals surface area (Å²) in [6.07, 6.45) is -0.438. The summed E-state index contributed by atoms with van der Waals surface area (Å²) in [5.74, 6) is -0.216. The predicted molar refractivity (Wildman–Crippen MR) is 96.1 cm³/mol. The van der Waals surface area contributed by atoms with Crippen LogP contribution in [0.4, 0.5) is 4.39 Å². The first-order valence-electron chi connectivity index (χ1n) is 8.44. The van der Waals surface area contributed by atoms with Gasteiger partial charge in [-0.25, -0.2) is 4.39 Å². The fourth-order valence-electron chi connectivity index (χ4n) is 2.87. The zero-order chi connectivity index (χ0) is 17.4. The van der Waals surface area contributed by atoms with Crippen molar-refractivity contribution in [2.45, 2.75) is 26.1 Å². The second-order valence-corrected chi connectivity index (χ2v) is 6.29. The van der Waals surface area contributed by atoms with Crippen molar-refractivity contribution in [1.82, 2.24) is 9.80 Å². The summed E-state index contributed by atoms with van der Waals surface area (Å²) < 4.78 is 13.3. The molecule has 0 saturated heterocycles. The Balaban J connectivity index is 1.81. The number of aliphatic hydroxyl groups excluding tert-OH is 1. The lowest BCUT2D eigenvalue weighted by Gasteiger charge is -2.26. The number of hydrogen-bond acceptors (Lipinski definition) is 3. The zero-order valence-corrected chi connectivity index (χ0v) is 14.5. The van der Waals surface area contributed by atoms with Crippen molar-refractivity contribution < 1.29 is 9.50 Å². The number of halogens is 1. The van der Waals surface area contributed by atoms with E-state index in [1.807, 2.05) is 31.3 Å². The highest BCUT2D eigenvalue weighted by molar-refractivity contribution is 5.16. The van der Waals surface area contributed by atoms with Crippen LogP contribution in [0.3, 0.4) is 0 Å². The lowest BCUT2D eigenvalue weighted by atomic mass is 10.2. The largest absolute Gasteiger partial charge is 0.390 e. The smallest absolute Gasteiger partial charge is 0.123 e. The van der Waals surface area contributed by atoms with E-state index in [1.54, 1.807) is 12.1 Å². The van der Waals surface area contributed by atoms with Crippen LogP contribution in [0.2, 0.25) is 0 Å². The highest BCUT2D eigenvalue weighted by atomic mass is 19.1. The molecule has 2 aromatic rings. The van der Waals surface area contributed by atoms with E-state index in [4.69, 9.17) is 0 Å². The van der Waals surface area contributed by atoms with Gasteiger partial charge in [-0.3, -0.25) is 9.80 Å². The average Bonchev–Trinajstić information content (AvgIpc) is 2.55. The Morgan fingerprint density at radius 1 is 0.958 bits per heavy atom. The van der Waals surface area contributed by atoms with E-state index < -0.39 is 6.10 Å². The van der Waals surface area contributed by atoms with Crippen LogP contribution in [0.15, 0.2) is 54.6 Å². The first-order chi connectivity index (χ1) is 11.6. The Labute approximate surface area is 144 Å².